The number of hydrogen-bond donors (Lipinski definition) is 1. The molecule has 2 unspecified atom stereocenters. The van der Waals surface area contributed by atoms with Gasteiger partial charge in [0.25, 0.3) is 0 Å². The second-order valence-electron chi connectivity index (χ2n) is 5.99. The number of piperidine rings is 1. The van der Waals surface area contributed by atoms with Crippen LogP contribution < -0.4 is 14.4 Å². The molecule has 21 heavy (non-hydrogen) atoms. The highest BCUT2D eigenvalue weighted by molar-refractivity contribution is 5.38. The Morgan fingerprint density at radius 1 is 1.19 bits per heavy atom. The van der Waals surface area contributed by atoms with Crippen molar-refractivity contribution in [2.24, 2.45) is 5.92 Å². The smallest absolute Gasteiger partial charge is 0.231 e. The van der Waals surface area contributed by atoms with Gasteiger partial charge in [-0.3, -0.25) is 0 Å². The molecule has 3 rings (SSSR count). The van der Waals surface area contributed by atoms with E-state index in [2.05, 4.69) is 14.9 Å². The van der Waals surface area contributed by atoms with E-state index >= 15 is 0 Å². The number of methoxy groups -OCH3 is 2. The normalized spacial score (nSPS) is 28.9. The van der Waals surface area contributed by atoms with E-state index in [1.807, 2.05) is 0 Å². The van der Waals surface area contributed by atoms with Gasteiger partial charge in [0.05, 0.1) is 25.9 Å². The third kappa shape index (κ3) is 2.77. The summed E-state index contributed by atoms with van der Waals surface area (Å²) in [5.74, 6) is 1.93. The van der Waals surface area contributed by atoms with Crippen LogP contribution in [0, 0.1) is 5.92 Å². The summed E-state index contributed by atoms with van der Waals surface area (Å²) in [4.78, 5) is 11.0. The average molecular weight is 293 g/mol. The summed E-state index contributed by atoms with van der Waals surface area (Å²) in [6, 6.07) is 1.67. The van der Waals surface area contributed by atoms with E-state index in [1.165, 1.54) is 6.42 Å². The van der Waals surface area contributed by atoms with Gasteiger partial charge in [0.1, 0.15) is 0 Å². The van der Waals surface area contributed by atoms with Gasteiger partial charge >= 0.3 is 0 Å². The van der Waals surface area contributed by atoms with Gasteiger partial charge in [-0.1, -0.05) is 12.8 Å². The second-order valence-corrected chi connectivity index (χ2v) is 5.99. The van der Waals surface area contributed by atoms with Crippen molar-refractivity contribution in [1.82, 2.24) is 9.97 Å². The number of nitrogens with zero attached hydrogens (tertiary/aromatic N) is 3. The minimum Gasteiger partial charge on any atom is -0.481 e. The minimum absolute atomic E-state index is 0.306. The maximum atomic E-state index is 10.7. The molecule has 1 aliphatic carbocycles. The van der Waals surface area contributed by atoms with Gasteiger partial charge in [-0.25, -0.2) is 0 Å². The molecule has 2 heterocycles. The molecule has 2 aliphatic rings. The number of aromatic nitrogens is 2. The van der Waals surface area contributed by atoms with Crippen LogP contribution in [0.3, 0.4) is 0 Å². The first-order valence-electron chi connectivity index (χ1n) is 7.59. The molecule has 0 spiro atoms. The number of fused-ring (bicyclic) bond motifs is 1. The number of hydrogen-bond acceptors (Lipinski definition) is 6. The van der Waals surface area contributed by atoms with E-state index in [9.17, 15) is 5.11 Å². The Labute approximate surface area is 125 Å². The molecule has 0 amide bonds. The topological polar surface area (TPSA) is 67.7 Å². The summed E-state index contributed by atoms with van der Waals surface area (Å²) < 4.78 is 10.4. The van der Waals surface area contributed by atoms with E-state index in [0.717, 1.165) is 38.8 Å². The van der Waals surface area contributed by atoms with Crippen LogP contribution in [0.25, 0.3) is 0 Å². The van der Waals surface area contributed by atoms with Gasteiger partial charge in [0, 0.05) is 19.0 Å². The predicted octanol–water partition coefficient (Wildman–Crippen LogP) is 1.63. The summed E-state index contributed by atoms with van der Waals surface area (Å²) in [6.07, 6.45) is 5.11. The molecule has 116 valence electrons. The fraction of sp³-hybridized carbons (Fsp3) is 0.733. The molecule has 1 N–H and O–H groups in total. The van der Waals surface area contributed by atoms with E-state index in [0.29, 0.717) is 23.6 Å². The van der Waals surface area contributed by atoms with Gasteiger partial charge in [-0.15, -0.1) is 0 Å². The minimum atomic E-state index is -0.488. The number of aliphatic hydroxyl groups is 1. The lowest BCUT2D eigenvalue weighted by molar-refractivity contribution is -0.0614. The molecule has 1 saturated carbocycles. The van der Waals surface area contributed by atoms with Gasteiger partial charge in [0.2, 0.25) is 17.7 Å². The molecular formula is C15H23N3O3. The fourth-order valence-electron chi connectivity index (χ4n) is 3.50. The van der Waals surface area contributed by atoms with Gasteiger partial charge in [-0.2, -0.15) is 9.97 Å². The second kappa shape index (κ2) is 5.67. The highest BCUT2D eigenvalue weighted by Gasteiger charge is 2.43. The lowest BCUT2D eigenvalue weighted by Crippen LogP contribution is -2.53. The molecule has 2 fully saturated rings. The van der Waals surface area contributed by atoms with Gasteiger partial charge in [-0.05, 0) is 19.3 Å². The lowest BCUT2D eigenvalue weighted by atomic mass is 9.71. The van der Waals surface area contributed by atoms with Crippen molar-refractivity contribution in [2.45, 2.75) is 37.7 Å². The Morgan fingerprint density at radius 3 is 2.57 bits per heavy atom. The first-order chi connectivity index (χ1) is 10.1. The third-order valence-electron chi connectivity index (χ3n) is 4.80. The lowest BCUT2D eigenvalue weighted by Gasteiger charge is -2.47. The molecule has 0 bridgehead atoms. The zero-order valence-corrected chi connectivity index (χ0v) is 12.7. The molecule has 0 aromatic carbocycles. The quantitative estimate of drug-likeness (QED) is 0.913. The summed E-state index contributed by atoms with van der Waals surface area (Å²) in [5.41, 5.74) is -0.488. The van der Waals surface area contributed by atoms with E-state index in [1.54, 1.807) is 20.3 Å². The number of anilines is 1. The summed E-state index contributed by atoms with van der Waals surface area (Å²) in [6.45, 7) is 1.57. The maximum absolute atomic E-state index is 10.7. The molecule has 1 aromatic heterocycles. The third-order valence-corrected chi connectivity index (χ3v) is 4.80. The standard InChI is InChI=1S/C15H23N3O3/c1-20-12-9-13(21-2)17-14(16-12)18-8-7-15(19)6-4-3-5-11(15)10-18/h9,11,19H,3-8,10H2,1-2H3. The van der Waals surface area contributed by atoms with E-state index in [4.69, 9.17) is 9.47 Å². The van der Waals surface area contributed by atoms with Crippen molar-refractivity contribution in [3.8, 4) is 11.8 Å². The van der Waals surface area contributed by atoms with Crippen LogP contribution in [0.2, 0.25) is 0 Å². The van der Waals surface area contributed by atoms with E-state index < -0.39 is 5.60 Å². The van der Waals surface area contributed by atoms with Gasteiger partial charge in [0.15, 0.2) is 0 Å². The van der Waals surface area contributed by atoms with Crippen molar-refractivity contribution in [3.63, 3.8) is 0 Å². The Balaban J connectivity index is 1.81. The highest BCUT2D eigenvalue weighted by atomic mass is 16.5. The van der Waals surface area contributed by atoms with Crippen molar-refractivity contribution < 1.29 is 14.6 Å². The molecule has 1 aromatic rings. The highest BCUT2D eigenvalue weighted by Crippen LogP contribution is 2.40. The van der Waals surface area contributed by atoms with Crippen LogP contribution in [0.1, 0.15) is 32.1 Å². The molecular weight excluding hydrogens is 270 g/mol. The first kappa shape index (κ1) is 14.4. The monoisotopic (exact) mass is 293 g/mol. The molecule has 6 heteroatoms. The fourth-order valence-corrected chi connectivity index (χ4v) is 3.50. The van der Waals surface area contributed by atoms with Crippen LogP contribution in [0.15, 0.2) is 6.07 Å². The first-order valence-corrected chi connectivity index (χ1v) is 7.59. The SMILES string of the molecule is COc1cc(OC)nc(N2CCC3(O)CCCCC3C2)n1. The van der Waals surface area contributed by atoms with Crippen molar-refractivity contribution in [3.05, 3.63) is 6.07 Å². The summed E-state index contributed by atoms with van der Waals surface area (Å²) >= 11 is 0. The Hall–Kier alpha value is -1.56. The van der Waals surface area contributed by atoms with Crippen LogP contribution >= 0.6 is 0 Å². The molecule has 6 nitrogen and oxygen atoms in total. The zero-order chi connectivity index (χ0) is 14.9. The van der Waals surface area contributed by atoms with Crippen LogP contribution in [-0.4, -0.2) is 48.0 Å². The zero-order valence-electron chi connectivity index (χ0n) is 12.7. The molecule has 1 saturated heterocycles. The number of rotatable bonds is 3. The average Bonchev–Trinajstić information content (AvgIpc) is 2.53. The Bertz CT molecular complexity index is 489. The Kier molecular flexibility index (Phi) is 3.89. The van der Waals surface area contributed by atoms with Crippen LogP contribution in [0.4, 0.5) is 5.95 Å². The van der Waals surface area contributed by atoms with Crippen LogP contribution in [-0.2, 0) is 0 Å². The van der Waals surface area contributed by atoms with Gasteiger partial charge < -0.3 is 19.5 Å². The molecule has 1 aliphatic heterocycles. The summed E-state index contributed by atoms with van der Waals surface area (Å²) in [7, 11) is 3.17. The predicted molar refractivity (Wildman–Crippen MR) is 78.9 cm³/mol. The maximum Gasteiger partial charge on any atom is 0.231 e. The molecule has 0 radical (unpaired) electrons. The summed E-state index contributed by atoms with van der Waals surface area (Å²) in [5, 5.41) is 10.7. The van der Waals surface area contributed by atoms with Crippen molar-refractivity contribution >= 4 is 5.95 Å². The van der Waals surface area contributed by atoms with E-state index in [-0.39, 0.29) is 0 Å². The molecule has 2 atom stereocenters. The Morgan fingerprint density at radius 2 is 1.90 bits per heavy atom. The largest absolute Gasteiger partial charge is 0.481 e. The van der Waals surface area contributed by atoms with Crippen LogP contribution in [0.5, 0.6) is 11.8 Å². The van der Waals surface area contributed by atoms with Crippen molar-refractivity contribution in [1.29, 1.82) is 0 Å². The van der Waals surface area contributed by atoms with Crippen molar-refractivity contribution in [2.75, 3.05) is 32.2 Å². The number of ether oxygens (including phenoxy) is 2.